The summed E-state index contributed by atoms with van der Waals surface area (Å²) in [6.07, 6.45) is 13.6. The second-order valence-electron chi connectivity index (χ2n) is 3.64. The van der Waals surface area contributed by atoms with Crippen molar-refractivity contribution in [3.05, 3.63) is 48.1 Å². The third kappa shape index (κ3) is 3.78. The predicted octanol–water partition coefficient (Wildman–Crippen LogP) is 4.57. The number of allylic oxidation sites excluding steroid dienone is 7. The lowest BCUT2D eigenvalue weighted by Crippen LogP contribution is -1.90. The van der Waals surface area contributed by atoms with Gasteiger partial charge in [0.1, 0.15) is 0 Å². The standard InChI is InChI=1S/C14H20/c1-3-8-13-10-6-5-7-11-14(12-13)9-4-2/h3-4,8-9,12H,1,5-7,10-11H2,2H3/b9-4+,13-8+,14-12-/i12D. The van der Waals surface area contributed by atoms with Crippen molar-refractivity contribution >= 4 is 0 Å². The van der Waals surface area contributed by atoms with E-state index in [1.807, 2.05) is 19.1 Å². The van der Waals surface area contributed by atoms with Crippen LogP contribution < -0.4 is 0 Å². The van der Waals surface area contributed by atoms with Crippen molar-refractivity contribution in [3.63, 3.8) is 0 Å². The van der Waals surface area contributed by atoms with Gasteiger partial charge in [0.15, 0.2) is 0 Å². The zero-order valence-corrected chi connectivity index (χ0v) is 9.05. The first-order valence-corrected chi connectivity index (χ1v) is 5.44. The summed E-state index contributed by atoms with van der Waals surface area (Å²) in [6.45, 7) is 5.72. The molecule has 1 aliphatic carbocycles. The lowest BCUT2D eigenvalue weighted by molar-refractivity contribution is 0.670. The van der Waals surface area contributed by atoms with Crippen LogP contribution in [0.4, 0.5) is 0 Å². The Hall–Kier alpha value is -1.04. The quantitative estimate of drug-likeness (QED) is 0.597. The Kier molecular flexibility index (Phi) is 4.36. The molecule has 76 valence electrons. The van der Waals surface area contributed by atoms with Gasteiger partial charge in [-0.15, -0.1) is 0 Å². The van der Waals surface area contributed by atoms with Crippen molar-refractivity contribution in [2.75, 3.05) is 0 Å². The molecule has 0 atom stereocenters. The van der Waals surface area contributed by atoms with E-state index < -0.39 is 0 Å². The van der Waals surface area contributed by atoms with Gasteiger partial charge in [-0.25, -0.2) is 0 Å². The third-order valence-electron chi connectivity index (χ3n) is 2.40. The average Bonchev–Trinajstić information content (AvgIpc) is 2.23. The smallest absolute Gasteiger partial charge is 0.0629 e. The highest BCUT2D eigenvalue weighted by Gasteiger charge is 2.01. The molecule has 1 aliphatic rings. The van der Waals surface area contributed by atoms with Gasteiger partial charge in [-0.05, 0) is 43.8 Å². The maximum absolute atomic E-state index is 8.14. The highest BCUT2D eigenvalue weighted by atomic mass is 14.1. The topological polar surface area (TPSA) is 0 Å². The Morgan fingerprint density at radius 1 is 1.36 bits per heavy atom. The molecule has 0 unspecified atom stereocenters. The Morgan fingerprint density at radius 2 is 2.14 bits per heavy atom. The Balaban J connectivity index is 3.03. The summed E-state index contributed by atoms with van der Waals surface area (Å²) in [5.41, 5.74) is 2.31. The van der Waals surface area contributed by atoms with E-state index in [1.165, 1.54) is 24.8 Å². The van der Waals surface area contributed by atoms with E-state index >= 15 is 0 Å². The fourth-order valence-electron chi connectivity index (χ4n) is 1.73. The third-order valence-corrected chi connectivity index (χ3v) is 2.40. The van der Waals surface area contributed by atoms with Gasteiger partial charge in [-0.3, -0.25) is 0 Å². The van der Waals surface area contributed by atoms with Gasteiger partial charge in [0.2, 0.25) is 0 Å². The molecule has 0 saturated carbocycles. The highest BCUT2D eigenvalue weighted by Crippen LogP contribution is 2.21. The van der Waals surface area contributed by atoms with Crippen LogP contribution in [0, 0.1) is 0 Å². The first-order chi connectivity index (χ1) is 7.29. The molecule has 0 aromatic carbocycles. The molecule has 0 radical (unpaired) electrons. The molecule has 0 N–H and O–H groups in total. The minimum Gasteiger partial charge on any atom is -0.0991 e. The molecule has 0 aliphatic heterocycles. The zero-order chi connectivity index (χ0) is 11.1. The van der Waals surface area contributed by atoms with Crippen molar-refractivity contribution in [1.29, 1.82) is 0 Å². The molecule has 0 aromatic rings. The number of rotatable bonds is 2. The normalized spacial score (nSPS) is 28.6. The molecule has 14 heavy (non-hydrogen) atoms. The molecule has 0 heteroatoms. The van der Waals surface area contributed by atoms with E-state index in [9.17, 15) is 0 Å². The summed E-state index contributed by atoms with van der Waals surface area (Å²) in [7, 11) is 0. The van der Waals surface area contributed by atoms with Crippen LogP contribution in [0.25, 0.3) is 0 Å². The molecule has 0 nitrogen and oxygen atoms in total. The highest BCUT2D eigenvalue weighted by molar-refractivity contribution is 5.32. The van der Waals surface area contributed by atoms with Crippen molar-refractivity contribution in [2.24, 2.45) is 0 Å². The van der Waals surface area contributed by atoms with E-state index in [4.69, 9.17) is 1.37 Å². The maximum atomic E-state index is 8.14. The minimum atomic E-state index is 0.715. The first-order valence-electron chi connectivity index (χ1n) is 5.94. The van der Waals surface area contributed by atoms with Crippen molar-refractivity contribution < 1.29 is 1.37 Å². The maximum Gasteiger partial charge on any atom is 0.0629 e. The molecule has 0 spiro atoms. The van der Waals surface area contributed by atoms with E-state index in [1.54, 1.807) is 6.08 Å². The van der Waals surface area contributed by atoms with Crippen molar-refractivity contribution in [3.8, 4) is 0 Å². The summed E-state index contributed by atoms with van der Waals surface area (Å²) in [5, 5.41) is 0. The van der Waals surface area contributed by atoms with Crippen LogP contribution >= 0.6 is 0 Å². The van der Waals surface area contributed by atoms with Crippen LogP contribution in [0.15, 0.2) is 48.1 Å². The van der Waals surface area contributed by atoms with Crippen LogP contribution in [0.1, 0.15) is 40.4 Å². The van der Waals surface area contributed by atoms with Gasteiger partial charge in [-0.1, -0.05) is 43.4 Å². The molecular weight excluding hydrogens is 168 g/mol. The minimum absolute atomic E-state index is 0.715. The van der Waals surface area contributed by atoms with Gasteiger partial charge in [-0.2, -0.15) is 0 Å². The molecule has 0 amide bonds. The van der Waals surface area contributed by atoms with Gasteiger partial charge in [0.05, 0.1) is 1.37 Å². The Bertz CT molecular complexity index is 305. The summed E-state index contributed by atoms with van der Waals surface area (Å²) in [4.78, 5) is 0. The molecule has 0 aromatic heterocycles. The fraction of sp³-hybridized carbons (Fsp3) is 0.429. The fourth-order valence-corrected chi connectivity index (χ4v) is 1.73. The lowest BCUT2D eigenvalue weighted by atomic mass is 9.96. The molecular formula is C14H20. The summed E-state index contributed by atoms with van der Waals surface area (Å²) in [5.74, 6) is 0. The molecule has 0 bridgehead atoms. The van der Waals surface area contributed by atoms with E-state index in [0.29, 0.717) is 6.05 Å². The number of hydrogen-bond donors (Lipinski definition) is 0. The van der Waals surface area contributed by atoms with Crippen LogP contribution in [0.3, 0.4) is 0 Å². The molecule has 0 saturated heterocycles. The zero-order valence-electron chi connectivity index (χ0n) is 10.1. The largest absolute Gasteiger partial charge is 0.0991 e. The van der Waals surface area contributed by atoms with Crippen molar-refractivity contribution in [2.45, 2.75) is 39.0 Å². The average molecular weight is 189 g/mol. The van der Waals surface area contributed by atoms with Gasteiger partial charge in [0, 0.05) is 0 Å². The van der Waals surface area contributed by atoms with Crippen molar-refractivity contribution in [1.82, 2.24) is 0 Å². The predicted molar refractivity (Wildman–Crippen MR) is 64.3 cm³/mol. The first kappa shape index (κ1) is 9.51. The summed E-state index contributed by atoms with van der Waals surface area (Å²) in [6, 6.07) is 0.715. The van der Waals surface area contributed by atoms with Gasteiger partial charge < -0.3 is 0 Å². The lowest BCUT2D eigenvalue weighted by Gasteiger charge is -2.10. The summed E-state index contributed by atoms with van der Waals surface area (Å²) < 4.78 is 8.14. The second-order valence-corrected chi connectivity index (χ2v) is 3.64. The Morgan fingerprint density at radius 3 is 2.86 bits per heavy atom. The number of hydrogen-bond acceptors (Lipinski definition) is 0. The van der Waals surface area contributed by atoms with Gasteiger partial charge >= 0.3 is 0 Å². The van der Waals surface area contributed by atoms with E-state index in [2.05, 4.69) is 12.7 Å². The molecule has 0 heterocycles. The Labute approximate surface area is 89.1 Å². The van der Waals surface area contributed by atoms with Crippen LogP contribution in [-0.2, 0) is 0 Å². The monoisotopic (exact) mass is 189 g/mol. The summed E-state index contributed by atoms with van der Waals surface area (Å²) >= 11 is 0. The van der Waals surface area contributed by atoms with E-state index in [-0.39, 0.29) is 0 Å². The van der Waals surface area contributed by atoms with Crippen LogP contribution in [0.5, 0.6) is 0 Å². The van der Waals surface area contributed by atoms with Crippen LogP contribution in [-0.4, -0.2) is 0 Å². The molecule has 0 fully saturated rings. The van der Waals surface area contributed by atoms with Crippen LogP contribution in [0.2, 0.25) is 0 Å². The van der Waals surface area contributed by atoms with Gasteiger partial charge in [0.25, 0.3) is 0 Å². The van der Waals surface area contributed by atoms with E-state index in [0.717, 1.165) is 18.4 Å². The molecule has 1 rings (SSSR count). The SMILES string of the molecule is [2H]/C1=C(\C=C\C)CCCCC\C1=C/C=C. The second kappa shape index (κ2) is 6.42.